The van der Waals surface area contributed by atoms with Gasteiger partial charge in [0.15, 0.2) is 0 Å². The van der Waals surface area contributed by atoms with Crippen molar-refractivity contribution in [1.29, 1.82) is 0 Å². The molecule has 1 fully saturated rings. The van der Waals surface area contributed by atoms with E-state index in [2.05, 4.69) is 24.3 Å². The lowest BCUT2D eigenvalue weighted by molar-refractivity contribution is 0.0515. The Bertz CT molecular complexity index is 613. The maximum Gasteiger partial charge on any atom is 0.339 e. The van der Waals surface area contributed by atoms with Gasteiger partial charge in [-0.3, -0.25) is 5.73 Å². The molecule has 2 aromatic carbocycles. The number of hydrogen-bond acceptors (Lipinski definition) is 3. The summed E-state index contributed by atoms with van der Waals surface area (Å²) in [6.07, 6.45) is 3.99. The average molecular weight is 281 g/mol. The van der Waals surface area contributed by atoms with Crippen molar-refractivity contribution < 1.29 is 9.53 Å². The maximum atomic E-state index is 11.5. The van der Waals surface area contributed by atoms with E-state index in [9.17, 15) is 4.79 Å². The van der Waals surface area contributed by atoms with E-state index in [1.807, 2.05) is 12.1 Å². The first-order valence-electron chi connectivity index (χ1n) is 7.35. The van der Waals surface area contributed by atoms with Crippen LogP contribution in [0.2, 0.25) is 0 Å². The van der Waals surface area contributed by atoms with Crippen LogP contribution < -0.4 is 5.73 Å². The standard InChI is InChI=1S/C18H19NO2/c19-12-21-18(20)17-10-8-16(9-11-17)15-6-4-14(5-7-15)13-2-1-3-13/h4-11,13H,1-3,12,19H2. The lowest BCUT2D eigenvalue weighted by Crippen LogP contribution is -2.11. The molecule has 0 bridgehead atoms. The van der Waals surface area contributed by atoms with E-state index in [-0.39, 0.29) is 12.7 Å². The van der Waals surface area contributed by atoms with Gasteiger partial charge in [-0.15, -0.1) is 0 Å². The molecule has 0 radical (unpaired) electrons. The fourth-order valence-electron chi connectivity index (χ4n) is 2.65. The van der Waals surface area contributed by atoms with Gasteiger partial charge in [0, 0.05) is 0 Å². The van der Waals surface area contributed by atoms with Gasteiger partial charge < -0.3 is 4.74 Å². The van der Waals surface area contributed by atoms with E-state index in [0.717, 1.165) is 17.0 Å². The molecule has 1 saturated carbocycles. The zero-order chi connectivity index (χ0) is 14.7. The van der Waals surface area contributed by atoms with Crippen molar-refractivity contribution in [2.24, 2.45) is 5.73 Å². The van der Waals surface area contributed by atoms with E-state index in [0.29, 0.717) is 5.56 Å². The second kappa shape index (κ2) is 6.10. The van der Waals surface area contributed by atoms with E-state index in [1.54, 1.807) is 12.1 Å². The predicted molar refractivity (Wildman–Crippen MR) is 82.9 cm³/mol. The summed E-state index contributed by atoms with van der Waals surface area (Å²) in [6, 6.07) is 16.2. The third kappa shape index (κ3) is 2.98. The van der Waals surface area contributed by atoms with Crippen molar-refractivity contribution >= 4 is 5.97 Å². The highest BCUT2D eigenvalue weighted by atomic mass is 16.5. The number of ether oxygens (including phenoxy) is 1. The zero-order valence-corrected chi connectivity index (χ0v) is 11.9. The third-order valence-electron chi connectivity index (χ3n) is 4.16. The Morgan fingerprint density at radius 3 is 2.05 bits per heavy atom. The van der Waals surface area contributed by atoms with Gasteiger partial charge >= 0.3 is 5.97 Å². The molecule has 21 heavy (non-hydrogen) atoms. The molecule has 3 nitrogen and oxygen atoms in total. The van der Waals surface area contributed by atoms with Crippen molar-refractivity contribution in [2.75, 3.05) is 6.73 Å². The number of carbonyl (C=O) groups excluding carboxylic acids is 1. The average Bonchev–Trinajstić information content (AvgIpc) is 2.47. The van der Waals surface area contributed by atoms with E-state index < -0.39 is 0 Å². The molecule has 3 heteroatoms. The molecular formula is C18H19NO2. The van der Waals surface area contributed by atoms with Crippen LogP contribution in [0, 0.1) is 0 Å². The summed E-state index contributed by atoms with van der Waals surface area (Å²) in [4.78, 5) is 11.5. The lowest BCUT2D eigenvalue weighted by atomic mass is 9.80. The van der Waals surface area contributed by atoms with Crippen molar-refractivity contribution in [2.45, 2.75) is 25.2 Å². The minimum Gasteiger partial charge on any atom is -0.446 e. The monoisotopic (exact) mass is 281 g/mol. The van der Waals surface area contributed by atoms with Gasteiger partial charge in [0.2, 0.25) is 0 Å². The van der Waals surface area contributed by atoms with Crippen LogP contribution in [-0.4, -0.2) is 12.7 Å². The molecule has 1 aliphatic rings. The van der Waals surface area contributed by atoms with E-state index >= 15 is 0 Å². The Morgan fingerprint density at radius 1 is 1.00 bits per heavy atom. The number of esters is 1. The number of benzene rings is 2. The van der Waals surface area contributed by atoms with Gasteiger partial charge in [0.05, 0.1) is 5.56 Å². The molecule has 0 amide bonds. The second-order valence-electron chi connectivity index (χ2n) is 5.43. The van der Waals surface area contributed by atoms with Crippen LogP contribution in [0.4, 0.5) is 0 Å². The molecule has 0 atom stereocenters. The largest absolute Gasteiger partial charge is 0.446 e. The SMILES string of the molecule is NCOC(=O)c1ccc(-c2ccc(C3CCC3)cc2)cc1. The first-order valence-corrected chi connectivity index (χ1v) is 7.35. The summed E-state index contributed by atoms with van der Waals surface area (Å²) < 4.78 is 4.77. The van der Waals surface area contributed by atoms with Crippen LogP contribution in [-0.2, 0) is 4.74 Å². The summed E-state index contributed by atoms with van der Waals surface area (Å²) >= 11 is 0. The van der Waals surface area contributed by atoms with Crippen LogP contribution >= 0.6 is 0 Å². The van der Waals surface area contributed by atoms with Gasteiger partial charge in [-0.1, -0.05) is 42.8 Å². The zero-order valence-electron chi connectivity index (χ0n) is 11.9. The number of hydrogen-bond donors (Lipinski definition) is 1. The molecule has 0 aromatic heterocycles. The van der Waals surface area contributed by atoms with Crippen molar-refractivity contribution in [1.82, 2.24) is 0 Å². The Hall–Kier alpha value is -2.13. The molecule has 2 N–H and O–H groups in total. The van der Waals surface area contributed by atoms with Crippen molar-refractivity contribution in [3.63, 3.8) is 0 Å². The first-order chi connectivity index (χ1) is 10.3. The Labute approximate surface area is 124 Å². The molecular weight excluding hydrogens is 262 g/mol. The lowest BCUT2D eigenvalue weighted by Gasteiger charge is -2.25. The smallest absolute Gasteiger partial charge is 0.339 e. The maximum absolute atomic E-state index is 11.5. The molecule has 0 spiro atoms. The minimum absolute atomic E-state index is 0.0940. The molecule has 1 aliphatic carbocycles. The van der Waals surface area contributed by atoms with Gasteiger partial charge in [-0.25, -0.2) is 4.79 Å². The Balaban J connectivity index is 1.75. The Kier molecular flexibility index (Phi) is 4.02. The molecule has 108 valence electrons. The van der Waals surface area contributed by atoms with Gasteiger partial charge in [0.25, 0.3) is 0 Å². The van der Waals surface area contributed by atoms with Gasteiger partial charge in [0.1, 0.15) is 6.73 Å². The molecule has 0 aliphatic heterocycles. The van der Waals surface area contributed by atoms with E-state index in [4.69, 9.17) is 10.5 Å². The minimum atomic E-state index is -0.385. The Morgan fingerprint density at radius 2 is 1.57 bits per heavy atom. The highest BCUT2D eigenvalue weighted by Crippen LogP contribution is 2.36. The summed E-state index contributed by atoms with van der Waals surface area (Å²) in [5.41, 5.74) is 9.42. The number of carbonyl (C=O) groups is 1. The molecule has 3 rings (SSSR count). The number of nitrogens with two attached hydrogens (primary N) is 1. The molecule has 0 unspecified atom stereocenters. The number of rotatable bonds is 4. The van der Waals surface area contributed by atoms with Crippen LogP contribution in [0.15, 0.2) is 48.5 Å². The van der Waals surface area contributed by atoms with Crippen LogP contribution in [0.5, 0.6) is 0 Å². The van der Waals surface area contributed by atoms with Gasteiger partial charge in [-0.05, 0) is 47.6 Å². The van der Waals surface area contributed by atoms with Crippen LogP contribution in [0.1, 0.15) is 41.1 Å². The summed E-state index contributed by atoms with van der Waals surface area (Å²) in [6.45, 7) is -0.0940. The molecule has 0 heterocycles. The summed E-state index contributed by atoms with van der Waals surface area (Å²) in [7, 11) is 0. The molecule has 0 saturated heterocycles. The fraction of sp³-hybridized carbons (Fsp3) is 0.278. The first kappa shape index (κ1) is 13.8. The molecule has 2 aromatic rings. The van der Waals surface area contributed by atoms with Crippen molar-refractivity contribution in [3.8, 4) is 11.1 Å². The van der Waals surface area contributed by atoms with Crippen molar-refractivity contribution in [3.05, 3.63) is 59.7 Å². The third-order valence-corrected chi connectivity index (χ3v) is 4.16. The quantitative estimate of drug-likeness (QED) is 0.687. The highest BCUT2D eigenvalue weighted by Gasteiger charge is 2.19. The van der Waals surface area contributed by atoms with Crippen LogP contribution in [0.3, 0.4) is 0 Å². The fourth-order valence-corrected chi connectivity index (χ4v) is 2.65. The van der Waals surface area contributed by atoms with Crippen LogP contribution in [0.25, 0.3) is 11.1 Å². The second-order valence-corrected chi connectivity index (χ2v) is 5.43. The summed E-state index contributed by atoms with van der Waals surface area (Å²) in [5, 5.41) is 0. The topological polar surface area (TPSA) is 52.3 Å². The predicted octanol–water partition coefficient (Wildman–Crippen LogP) is 3.69. The van der Waals surface area contributed by atoms with Gasteiger partial charge in [-0.2, -0.15) is 0 Å². The van der Waals surface area contributed by atoms with E-state index in [1.165, 1.54) is 24.8 Å². The highest BCUT2D eigenvalue weighted by molar-refractivity contribution is 5.90. The normalized spacial score (nSPS) is 14.5. The summed E-state index contributed by atoms with van der Waals surface area (Å²) in [5.74, 6) is 0.372.